The van der Waals surface area contributed by atoms with E-state index in [0.29, 0.717) is 18.3 Å². The zero-order valence-corrected chi connectivity index (χ0v) is 12.0. The zero-order valence-electron chi connectivity index (χ0n) is 12.0. The maximum absolute atomic E-state index is 9.77. The number of nitrogens with one attached hydrogen (secondary N) is 1. The second-order valence-electron chi connectivity index (χ2n) is 5.37. The second kappa shape index (κ2) is 6.40. The molecular weight excluding hydrogens is 238 g/mol. The van der Waals surface area contributed by atoms with Crippen LogP contribution in [0.2, 0.25) is 0 Å². The third kappa shape index (κ3) is 2.93. The second-order valence-corrected chi connectivity index (χ2v) is 5.37. The highest BCUT2D eigenvalue weighted by molar-refractivity contribution is 5.32. The molecule has 0 amide bonds. The molecule has 19 heavy (non-hydrogen) atoms. The van der Waals surface area contributed by atoms with E-state index in [4.69, 9.17) is 4.74 Å². The average molecular weight is 263 g/mol. The van der Waals surface area contributed by atoms with Gasteiger partial charge in [0.2, 0.25) is 0 Å². The lowest BCUT2D eigenvalue weighted by Crippen LogP contribution is -2.44. The van der Waals surface area contributed by atoms with E-state index in [2.05, 4.69) is 18.3 Å². The molecule has 2 N–H and O–H groups in total. The fraction of sp³-hybridized carbons (Fsp3) is 0.625. The van der Waals surface area contributed by atoms with Crippen LogP contribution in [0.4, 0.5) is 0 Å². The van der Waals surface area contributed by atoms with Crippen molar-refractivity contribution in [3.63, 3.8) is 0 Å². The van der Waals surface area contributed by atoms with Gasteiger partial charge in [0, 0.05) is 19.1 Å². The topological polar surface area (TPSA) is 41.5 Å². The molecule has 1 aliphatic rings. The predicted molar refractivity (Wildman–Crippen MR) is 77.3 cm³/mol. The lowest BCUT2D eigenvalue weighted by molar-refractivity contribution is -0.110. The number of ether oxygens (including phenoxy) is 1. The molecule has 1 aromatic carbocycles. The van der Waals surface area contributed by atoms with E-state index in [0.717, 1.165) is 18.5 Å². The summed E-state index contributed by atoms with van der Waals surface area (Å²) in [5.41, 5.74) is 0.878. The van der Waals surface area contributed by atoms with Crippen molar-refractivity contribution in [1.29, 1.82) is 0 Å². The van der Waals surface area contributed by atoms with Gasteiger partial charge in [0.15, 0.2) is 0 Å². The first kappa shape index (κ1) is 14.4. The van der Waals surface area contributed by atoms with E-state index < -0.39 is 0 Å². The quantitative estimate of drug-likeness (QED) is 0.858. The van der Waals surface area contributed by atoms with Crippen molar-refractivity contribution in [2.75, 3.05) is 20.2 Å². The van der Waals surface area contributed by atoms with Crippen LogP contribution < -0.4 is 5.32 Å². The fourth-order valence-corrected chi connectivity index (χ4v) is 3.41. The van der Waals surface area contributed by atoms with Crippen LogP contribution in [0.3, 0.4) is 0 Å². The third-order valence-corrected chi connectivity index (χ3v) is 4.20. The van der Waals surface area contributed by atoms with Gasteiger partial charge in [-0.3, -0.25) is 0 Å². The Morgan fingerprint density at radius 2 is 2.26 bits per heavy atom. The lowest BCUT2D eigenvalue weighted by atomic mass is 9.71. The molecule has 106 valence electrons. The summed E-state index contributed by atoms with van der Waals surface area (Å²) in [5, 5.41) is 13.1. The Bertz CT molecular complexity index is 401. The molecule has 0 saturated heterocycles. The van der Waals surface area contributed by atoms with E-state index in [1.807, 2.05) is 19.2 Å². The smallest absolute Gasteiger partial charge is 0.115 e. The normalized spacial score (nSPS) is 27.4. The SMILES string of the molecule is CCOC1(c2cccc(O)c2)CCCCC1CNC. The largest absolute Gasteiger partial charge is 0.508 e. The Morgan fingerprint density at radius 1 is 1.42 bits per heavy atom. The number of aromatic hydroxyl groups is 1. The Hall–Kier alpha value is -1.06. The minimum Gasteiger partial charge on any atom is -0.508 e. The molecule has 0 heterocycles. The van der Waals surface area contributed by atoms with Gasteiger partial charge in [0.25, 0.3) is 0 Å². The van der Waals surface area contributed by atoms with E-state index in [-0.39, 0.29) is 5.60 Å². The minimum absolute atomic E-state index is 0.241. The van der Waals surface area contributed by atoms with Crippen molar-refractivity contribution < 1.29 is 9.84 Å². The average Bonchev–Trinajstić information content (AvgIpc) is 2.41. The standard InChI is InChI=1S/C16H25NO2/c1-3-19-16(13-8-6-9-15(18)11-13)10-5-4-7-14(16)12-17-2/h6,8-9,11,14,17-18H,3-5,7,10,12H2,1-2H3. The number of phenolic OH excluding ortho intramolecular Hbond substituents is 1. The Morgan fingerprint density at radius 3 is 2.95 bits per heavy atom. The first-order chi connectivity index (χ1) is 9.23. The van der Waals surface area contributed by atoms with Gasteiger partial charge >= 0.3 is 0 Å². The molecule has 2 rings (SSSR count). The molecule has 3 heteroatoms. The van der Waals surface area contributed by atoms with E-state index >= 15 is 0 Å². The van der Waals surface area contributed by atoms with Crippen molar-refractivity contribution in [2.45, 2.75) is 38.2 Å². The molecule has 0 aliphatic heterocycles. The lowest BCUT2D eigenvalue weighted by Gasteiger charge is -2.44. The highest BCUT2D eigenvalue weighted by Crippen LogP contribution is 2.45. The Labute approximate surface area is 116 Å². The van der Waals surface area contributed by atoms with Crippen molar-refractivity contribution >= 4 is 0 Å². The summed E-state index contributed by atoms with van der Waals surface area (Å²) in [5.74, 6) is 0.790. The summed E-state index contributed by atoms with van der Waals surface area (Å²) in [6.45, 7) is 3.71. The van der Waals surface area contributed by atoms with Crippen LogP contribution >= 0.6 is 0 Å². The van der Waals surface area contributed by atoms with Crippen molar-refractivity contribution in [3.8, 4) is 5.75 Å². The molecule has 0 aromatic heterocycles. The van der Waals surface area contributed by atoms with Gasteiger partial charge in [0.05, 0.1) is 5.60 Å². The molecular formula is C16H25NO2. The highest BCUT2D eigenvalue weighted by atomic mass is 16.5. The van der Waals surface area contributed by atoms with Crippen molar-refractivity contribution in [3.05, 3.63) is 29.8 Å². The fourth-order valence-electron chi connectivity index (χ4n) is 3.41. The van der Waals surface area contributed by atoms with Gasteiger partial charge in [-0.05, 0) is 44.5 Å². The molecule has 1 fully saturated rings. The molecule has 1 aromatic rings. The summed E-state index contributed by atoms with van der Waals surface area (Å²) >= 11 is 0. The van der Waals surface area contributed by atoms with E-state index in [9.17, 15) is 5.11 Å². The summed E-state index contributed by atoms with van der Waals surface area (Å²) in [7, 11) is 1.99. The summed E-state index contributed by atoms with van der Waals surface area (Å²) in [4.78, 5) is 0. The molecule has 1 saturated carbocycles. The maximum atomic E-state index is 9.77. The van der Waals surface area contributed by atoms with Gasteiger partial charge in [-0.2, -0.15) is 0 Å². The molecule has 1 aliphatic carbocycles. The van der Waals surface area contributed by atoms with Crippen LogP contribution in [0.1, 0.15) is 38.2 Å². The van der Waals surface area contributed by atoms with Gasteiger partial charge in [-0.25, -0.2) is 0 Å². The summed E-state index contributed by atoms with van der Waals surface area (Å²) < 4.78 is 6.23. The van der Waals surface area contributed by atoms with Crippen molar-refractivity contribution in [2.24, 2.45) is 5.92 Å². The molecule has 0 radical (unpaired) electrons. The van der Waals surface area contributed by atoms with E-state index in [1.165, 1.54) is 19.3 Å². The Balaban J connectivity index is 2.38. The highest BCUT2D eigenvalue weighted by Gasteiger charge is 2.42. The summed E-state index contributed by atoms with van der Waals surface area (Å²) in [6.07, 6.45) is 4.67. The van der Waals surface area contributed by atoms with Crippen LogP contribution in [-0.2, 0) is 10.3 Å². The van der Waals surface area contributed by atoms with Crippen LogP contribution in [-0.4, -0.2) is 25.3 Å². The molecule has 2 unspecified atom stereocenters. The number of hydrogen-bond donors (Lipinski definition) is 2. The first-order valence-corrected chi connectivity index (χ1v) is 7.31. The number of rotatable bonds is 5. The number of hydrogen-bond acceptors (Lipinski definition) is 3. The van der Waals surface area contributed by atoms with Crippen LogP contribution in [0.25, 0.3) is 0 Å². The molecule has 3 nitrogen and oxygen atoms in total. The van der Waals surface area contributed by atoms with Gasteiger partial charge < -0.3 is 15.2 Å². The monoisotopic (exact) mass is 263 g/mol. The van der Waals surface area contributed by atoms with Crippen LogP contribution in [0.5, 0.6) is 5.75 Å². The van der Waals surface area contributed by atoms with E-state index in [1.54, 1.807) is 6.07 Å². The molecule has 0 spiro atoms. The third-order valence-electron chi connectivity index (χ3n) is 4.20. The van der Waals surface area contributed by atoms with Gasteiger partial charge in [0.1, 0.15) is 5.75 Å². The minimum atomic E-state index is -0.241. The van der Waals surface area contributed by atoms with Crippen LogP contribution in [0.15, 0.2) is 24.3 Å². The summed E-state index contributed by atoms with van der Waals surface area (Å²) in [6, 6.07) is 7.59. The zero-order chi connectivity index (χ0) is 13.7. The number of phenols is 1. The van der Waals surface area contributed by atoms with Crippen molar-refractivity contribution in [1.82, 2.24) is 5.32 Å². The van der Waals surface area contributed by atoms with Crippen LogP contribution in [0, 0.1) is 5.92 Å². The van der Waals surface area contributed by atoms with Gasteiger partial charge in [-0.1, -0.05) is 25.0 Å². The first-order valence-electron chi connectivity index (χ1n) is 7.31. The molecule has 2 atom stereocenters. The van der Waals surface area contributed by atoms with Gasteiger partial charge in [-0.15, -0.1) is 0 Å². The number of benzene rings is 1. The maximum Gasteiger partial charge on any atom is 0.115 e. The predicted octanol–water partition coefficient (Wildman–Crippen LogP) is 3.03. The molecule has 0 bridgehead atoms. The Kier molecular flexibility index (Phi) is 4.83.